The second-order valence-corrected chi connectivity index (χ2v) is 9.72. The van der Waals surface area contributed by atoms with Crippen LogP contribution in [0.2, 0.25) is 0 Å². The third-order valence-electron chi connectivity index (χ3n) is 6.39. The first kappa shape index (κ1) is 20.2. The molecule has 0 heterocycles. The topological polar surface area (TPSA) is 60.7 Å². The van der Waals surface area contributed by atoms with Crippen LogP contribution in [0, 0.1) is 17.8 Å². The summed E-state index contributed by atoms with van der Waals surface area (Å²) in [5.74, 6) is 0.540. The van der Waals surface area contributed by atoms with Crippen LogP contribution in [0.15, 0.2) is 24.3 Å². The van der Waals surface area contributed by atoms with Crippen molar-refractivity contribution in [2.24, 2.45) is 17.8 Å². The lowest BCUT2D eigenvalue weighted by Gasteiger charge is -2.46. The summed E-state index contributed by atoms with van der Waals surface area (Å²) in [7, 11) is 0. The van der Waals surface area contributed by atoms with E-state index in [-0.39, 0.29) is 16.7 Å². The van der Waals surface area contributed by atoms with Crippen molar-refractivity contribution in [2.75, 3.05) is 0 Å². The van der Waals surface area contributed by atoms with Crippen LogP contribution in [0.25, 0.3) is 0 Å². The van der Waals surface area contributed by atoms with E-state index in [1.807, 2.05) is 13.8 Å². The second-order valence-electron chi connectivity index (χ2n) is 8.62. The zero-order valence-corrected chi connectivity index (χ0v) is 16.8. The Kier molecular flexibility index (Phi) is 6.06. The maximum atomic E-state index is 10.7. The van der Waals surface area contributed by atoms with Gasteiger partial charge in [0.25, 0.3) is 0 Å². The van der Waals surface area contributed by atoms with Crippen LogP contribution in [-0.2, 0) is 0 Å². The van der Waals surface area contributed by atoms with Crippen LogP contribution in [0.5, 0.6) is 0 Å². The average molecular weight is 401 g/mol. The molecule has 24 heavy (non-hydrogen) atoms. The second kappa shape index (κ2) is 7.22. The molecule has 0 amide bonds. The number of aliphatic hydroxyl groups excluding tert-OH is 1. The van der Waals surface area contributed by atoms with E-state index in [0.717, 1.165) is 36.8 Å². The summed E-state index contributed by atoms with van der Waals surface area (Å²) in [5.41, 5.74) is 0.506. The predicted octanol–water partition coefficient (Wildman–Crippen LogP) is 3.96. The Morgan fingerprint density at radius 1 is 1.12 bits per heavy atom. The molecule has 2 fully saturated rings. The summed E-state index contributed by atoms with van der Waals surface area (Å²) >= 11 is 3.61. The Hall–Kier alpha value is -0.160. The minimum absolute atomic E-state index is 0.0324. The maximum Gasteiger partial charge on any atom is 0.0880 e. The average Bonchev–Trinajstić information content (AvgIpc) is 2.46. The van der Waals surface area contributed by atoms with Crippen LogP contribution in [0.3, 0.4) is 0 Å². The van der Waals surface area contributed by atoms with Crippen molar-refractivity contribution < 1.29 is 15.3 Å². The quantitative estimate of drug-likeness (QED) is 0.494. The van der Waals surface area contributed by atoms with Crippen molar-refractivity contribution in [1.82, 2.24) is 0 Å². The fourth-order valence-corrected chi connectivity index (χ4v) is 5.12. The number of alkyl halides is 1. The van der Waals surface area contributed by atoms with E-state index in [1.165, 1.54) is 0 Å². The zero-order valence-electron chi connectivity index (χ0n) is 15.3. The summed E-state index contributed by atoms with van der Waals surface area (Å²) < 4.78 is 0. The van der Waals surface area contributed by atoms with Gasteiger partial charge in [0.2, 0.25) is 0 Å². The molecule has 0 aromatic carbocycles. The molecule has 7 atom stereocenters. The van der Waals surface area contributed by atoms with Crippen LogP contribution < -0.4 is 0 Å². The highest BCUT2D eigenvalue weighted by Crippen LogP contribution is 2.46. The predicted molar refractivity (Wildman–Crippen MR) is 102 cm³/mol. The molecule has 138 valence electrons. The summed E-state index contributed by atoms with van der Waals surface area (Å²) in [6.45, 7) is 14.0. The molecular formula is C20H33BrO3. The minimum atomic E-state index is -1.04. The molecule has 0 bridgehead atoms. The summed E-state index contributed by atoms with van der Waals surface area (Å²) in [6.07, 6.45) is 3.95. The standard InChI is InChI=1S/C20H33BrO3/c1-12(2)15-7-9-20(5,24)18(22)16(15)10-13(3)14-6-8-19(4,23)17(21)11-14/h14-18,22-24H,1,3,6-11H2,2,4-5H3/t14-,15-,16-,17-,18-,19+,20-/m1/s1. The highest BCUT2D eigenvalue weighted by molar-refractivity contribution is 9.09. The molecule has 0 aromatic rings. The van der Waals surface area contributed by atoms with Crippen molar-refractivity contribution in [3.8, 4) is 0 Å². The molecular weight excluding hydrogens is 368 g/mol. The minimum Gasteiger partial charge on any atom is -0.390 e. The van der Waals surface area contributed by atoms with Crippen LogP contribution in [0.1, 0.15) is 59.3 Å². The lowest BCUT2D eigenvalue weighted by atomic mass is 9.64. The zero-order chi connectivity index (χ0) is 18.3. The molecule has 4 heteroatoms. The van der Waals surface area contributed by atoms with Crippen molar-refractivity contribution >= 4 is 15.9 Å². The molecule has 0 radical (unpaired) electrons. The van der Waals surface area contributed by atoms with Gasteiger partial charge in [-0.3, -0.25) is 0 Å². The van der Waals surface area contributed by atoms with Crippen molar-refractivity contribution in [2.45, 2.75) is 81.4 Å². The number of hydrogen-bond donors (Lipinski definition) is 3. The highest BCUT2D eigenvalue weighted by Gasteiger charge is 2.46. The fraction of sp³-hybridized carbons (Fsp3) is 0.800. The molecule has 0 saturated heterocycles. The Balaban J connectivity index is 2.09. The molecule has 2 rings (SSSR count). The van der Waals surface area contributed by atoms with Gasteiger partial charge in [0.15, 0.2) is 0 Å². The normalized spacial score (nSPS) is 46.5. The first-order valence-electron chi connectivity index (χ1n) is 9.05. The van der Waals surface area contributed by atoms with Gasteiger partial charge in [-0.1, -0.05) is 40.2 Å². The first-order valence-corrected chi connectivity index (χ1v) is 9.97. The fourth-order valence-electron chi connectivity index (χ4n) is 4.44. The summed E-state index contributed by atoms with van der Waals surface area (Å²) in [6, 6.07) is 0. The highest BCUT2D eigenvalue weighted by atomic mass is 79.9. The summed E-state index contributed by atoms with van der Waals surface area (Å²) in [4.78, 5) is 0.0665. The first-order chi connectivity index (χ1) is 11.0. The van der Waals surface area contributed by atoms with Crippen LogP contribution >= 0.6 is 15.9 Å². The van der Waals surface area contributed by atoms with Gasteiger partial charge < -0.3 is 15.3 Å². The lowest BCUT2D eigenvalue weighted by Crippen LogP contribution is -2.51. The molecule has 2 aliphatic rings. The van der Waals surface area contributed by atoms with E-state index in [1.54, 1.807) is 6.92 Å². The van der Waals surface area contributed by atoms with Gasteiger partial charge in [0.05, 0.1) is 17.3 Å². The number of hydrogen-bond acceptors (Lipinski definition) is 3. The molecule has 0 unspecified atom stereocenters. The maximum absolute atomic E-state index is 10.7. The van der Waals surface area contributed by atoms with Gasteiger partial charge in [-0.15, -0.1) is 0 Å². The molecule has 2 aliphatic carbocycles. The largest absolute Gasteiger partial charge is 0.390 e. The van der Waals surface area contributed by atoms with Gasteiger partial charge in [-0.25, -0.2) is 0 Å². The monoisotopic (exact) mass is 400 g/mol. The number of allylic oxidation sites excluding steroid dienone is 2. The molecule has 3 N–H and O–H groups in total. The van der Waals surface area contributed by atoms with Crippen molar-refractivity contribution in [3.05, 3.63) is 24.3 Å². The molecule has 0 aliphatic heterocycles. The van der Waals surface area contributed by atoms with E-state index in [9.17, 15) is 15.3 Å². The van der Waals surface area contributed by atoms with Crippen LogP contribution in [0.4, 0.5) is 0 Å². The summed E-state index contributed by atoms with van der Waals surface area (Å²) in [5, 5.41) is 31.5. The van der Waals surface area contributed by atoms with Gasteiger partial charge in [0.1, 0.15) is 0 Å². The Morgan fingerprint density at radius 3 is 2.25 bits per heavy atom. The van der Waals surface area contributed by atoms with Crippen molar-refractivity contribution in [1.29, 1.82) is 0 Å². The van der Waals surface area contributed by atoms with Gasteiger partial charge >= 0.3 is 0 Å². The Bertz CT molecular complexity index is 497. The Labute approximate surface area is 155 Å². The third kappa shape index (κ3) is 4.14. The SMILES string of the molecule is C=C(C[C@@H]1[C@@H](C(=C)C)CC[C@@](C)(O)[C@@H]1O)[C@@H]1CC[C@](C)(O)[C@H](Br)C1. The smallest absolute Gasteiger partial charge is 0.0880 e. The van der Waals surface area contributed by atoms with E-state index in [2.05, 4.69) is 29.1 Å². The number of halogens is 1. The molecule has 0 spiro atoms. The number of aliphatic hydroxyl groups is 3. The Morgan fingerprint density at radius 2 is 1.71 bits per heavy atom. The van der Waals surface area contributed by atoms with E-state index in [0.29, 0.717) is 18.8 Å². The number of rotatable bonds is 4. The van der Waals surface area contributed by atoms with Gasteiger partial charge in [-0.05, 0) is 77.0 Å². The van der Waals surface area contributed by atoms with Gasteiger partial charge in [-0.2, -0.15) is 0 Å². The third-order valence-corrected chi connectivity index (χ3v) is 7.75. The van der Waals surface area contributed by atoms with Crippen molar-refractivity contribution in [3.63, 3.8) is 0 Å². The molecule has 0 aromatic heterocycles. The lowest BCUT2D eigenvalue weighted by molar-refractivity contribution is -0.127. The van der Waals surface area contributed by atoms with E-state index < -0.39 is 17.3 Å². The van der Waals surface area contributed by atoms with E-state index >= 15 is 0 Å². The van der Waals surface area contributed by atoms with Gasteiger partial charge in [0, 0.05) is 4.83 Å². The molecule has 2 saturated carbocycles. The van der Waals surface area contributed by atoms with E-state index in [4.69, 9.17) is 0 Å². The van der Waals surface area contributed by atoms with Crippen LogP contribution in [-0.4, -0.2) is 37.5 Å². The molecule has 3 nitrogen and oxygen atoms in total.